The highest BCUT2D eigenvalue weighted by atomic mass is 16.5. The minimum Gasteiger partial charge on any atom is -0.494 e. The summed E-state index contributed by atoms with van der Waals surface area (Å²) in [5.41, 5.74) is 2.52. The highest BCUT2D eigenvalue weighted by Gasteiger charge is 2.41. The van der Waals surface area contributed by atoms with Crippen molar-refractivity contribution in [3.8, 4) is 5.75 Å². The molecule has 31 heavy (non-hydrogen) atoms. The number of amides is 1. The first-order valence-corrected chi connectivity index (χ1v) is 11.6. The molecule has 2 aliphatic heterocycles. The van der Waals surface area contributed by atoms with Crippen LogP contribution in [-0.4, -0.2) is 50.3 Å². The Labute approximate surface area is 185 Å². The van der Waals surface area contributed by atoms with Crippen molar-refractivity contribution in [1.82, 2.24) is 4.90 Å². The number of benzene rings is 2. The van der Waals surface area contributed by atoms with Gasteiger partial charge in [0.2, 0.25) is 5.91 Å². The highest BCUT2D eigenvalue weighted by molar-refractivity contribution is 5.99. The van der Waals surface area contributed by atoms with Gasteiger partial charge in [-0.05, 0) is 81.9 Å². The van der Waals surface area contributed by atoms with Gasteiger partial charge >= 0.3 is 0 Å². The van der Waals surface area contributed by atoms with E-state index in [9.17, 15) is 4.79 Å². The molecule has 5 nitrogen and oxygen atoms in total. The number of rotatable bonds is 8. The fourth-order valence-corrected chi connectivity index (χ4v) is 4.61. The predicted molar refractivity (Wildman–Crippen MR) is 124 cm³/mol. The fourth-order valence-electron chi connectivity index (χ4n) is 4.61. The molecule has 0 spiro atoms. The summed E-state index contributed by atoms with van der Waals surface area (Å²) in [6, 6.07) is 16.1. The molecule has 1 N–H and O–H groups in total. The summed E-state index contributed by atoms with van der Waals surface area (Å²) in [5.74, 6) is 0.887. The van der Waals surface area contributed by atoms with Crippen LogP contribution in [0.4, 0.5) is 5.69 Å². The molecular weight excluding hydrogens is 388 g/mol. The molecule has 0 unspecified atom stereocenters. The van der Waals surface area contributed by atoms with Gasteiger partial charge < -0.3 is 19.7 Å². The van der Waals surface area contributed by atoms with Crippen molar-refractivity contribution < 1.29 is 14.3 Å². The standard InChI is InChI=1S/C26H34N2O3/c1-21-5-7-22(8-6-21)26(13-19-30-20-14-26)25(29)27-23-9-11-24(12-10-23)31-18-4-17-28-15-2-3-16-28/h5-12H,2-4,13-20H2,1H3,(H,27,29). The van der Waals surface area contributed by atoms with Crippen molar-refractivity contribution in [1.29, 1.82) is 0 Å². The molecule has 2 saturated heterocycles. The molecule has 2 aromatic carbocycles. The average molecular weight is 423 g/mol. The molecule has 4 rings (SSSR count). The molecule has 166 valence electrons. The van der Waals surface area contributed by atoms with E-state index in [1.807, 2.05) is 24.3 Å². The van der Waals surface area contributed by atoms with Crippen LogP contribution in [0.3, 0.4) is 0 Å². The van der Waals surface area contributed by atoms with Crippen molar-refractivity contribution in [2.75, 3.05) is 44.8 Å². The Balaban J connectivity index is 1.34. The van der Waals surface area contributed by atoms with Gasteiger partial charge in [-0.25, -0.2) is 0 Å². The van der Waals surface area contributed by atoms with Gasteiger partial charge in [0.1, 0.15) is 5.75 Å². The highest BCUT2D eigenvalue weighted by Crippen LogP contribution is 2.36. The lowest BCUT2D eigenvalue weighted by Gasteiger charge is -2.36. The van der Waals surface area contributed by atoms with Crippen LogP contribution >= 0.6 is 0 Å². The van der Waals surface area contributed by atoms with Crippen LogP contribution in [0.15, 0.2) is 48.5 Å². The molecule has 2 fully saturated rings. The van der Waals surface area contributed by atoms with E-state index in [0.717, 1.165) is 36.6 Å². The van der Waals surface area contributed by atoms with Crippen LogP contribution in [0, 0.1) is 6.92 Å². The van der Waals surface area contributed by atoms with Gasteiger partial charge in [0, 0.05) is 25.4 Å². The van der Waals surface area contributed by atoms with Gasteiger partial charge in [-0.1, -0.05) is 29.8 Å². The number of likely N-dealkylation sites (tertiary alicyclic amines) is 1. The van der Waals surface area contributed by atoms with Crippen LogP contribution in [-0.2, 0) is 14.9 Å². The summed E-state index contributed by atoms with van der Waals surface area (Å²) in [6.07, 6.45) is 5.08. The van der Waals surface area contributed by atoms with E-state index in [2.05, 4.69) is 41.4 Å². The van der Waals surface area contributed by atoms with Crippen molar-refractivity contribution in [2.45, 2.75) is 44.4 Å². The van der Waals surface area contributed by atoms with Gasteiger partial charge in [0.15, 0.2) is 0 Å². The number of hydrogen-bond donors (Lipinski definition) is 1. The summed E-state index contributed by atoms with van der Waals surface area (Å²) in [7, 11) is 0. The van der Waals surface area contributed by atoms with E-state index in [-0.39, 0.29) is 5.91 Å². The SMILES string of the molecule is Cc1ccc(C2(C(=O)Nc3ccc(OCCCN4CCCC4)cc3)CCOCC2)cc1. The van der Waals surface area contributed by atoms with Gasteiger partial charge in [0.05, 0.1) is 12.0 Å². The molecule has 0 aliphatic carbocycles. The van der Waals surface area contributed by atoms with Crippen molar-refractivity contribution >= 4 is 11.6 Å². The number of nitrogens with zero attached hydrogens (tertiary/aromatic N) is 1. The molecule has 1 amide bonds. The van der Waals surface area contributed by atoms with Crippen LogP contribution in [0.5, 0.6) is 5.75 Å². The number of nitrogens with one attached hydrogen (secondary N) is 1. The second-order valence-electron chi connectivity index (χ2n) is 8.79. The first kappa shape index (κ1) is 21.8. The largest absolute Gasteiger partial charge is 0.494 e. The van der Waals surface area contributed by atoms with Gasteiger partial charge in [-0.2, -0.15) is 0 Å². The Kier molecular flexibility index (Phi) is 7.25. The molecule has 0 aromatic heterocycles. The van der Waals surface area contributed by atoms with Crippen LogP contribution in [0.1, 0.15) is 43.2 Å². The summed E-state index contributed by atoms with van der Waals surface area (Å²) in [6.45, 7) is 7.56. The van der Waals surface area contributed by atoms with Crippen LogP contribution < -0.4 is 10.1 Å². The smallest absolute Gasteiger partial charge is 0.235 e. The molecule has 2 heterocycles. The zero-order chi connectivity index (χ0) is 21.5. The van der Waals surface area contributed by atoms with E-state index in [4.69, 9.17) is 9.47 Å². The number of anilines is 1. The summed E-state index contributed by atoms with van der Waals surface area (Å²) in [4.78, 5) is 15.9. The van der Waals surface area contributed by atoms with Crippen LogP contribution in [0.2, 0.25) is 0 Å². The number of ether oxygens (including phenoxy) is 2. The monoisotopic (exact) mass is 422 g/mol. The quantitative estimate of drug-likeness (QED) is 0.634. The second kappa shape index (κ2) is 10.3. The van der Waals surface area contributed by atoms with E-state index in [1.54, 1.807) is 0 Å². The van der Waals surface area contributed by atoms with E-state index in [0.29, 0.717) is 26.1 Å². The van der Waals surface area contributed by atoms with E-state index < -0.39 is 5.41 Å². The van der Waals surface area contributed by atoms with Crippen molar-refractivity contribution in [2.24, 2.45) is 0 Å². The lowest BCUT2D eigenvalue weighted by Crippen LogP contribution is -2.44. The third-order valence-electron chi connectivity index (χ3n) is 6.58. The lowest BCUT2D eigenvalue weighted by atomic mass is 9.73. The first-order valence-electron chi connectivity index (χ1n) is 11.6. The van der Waals surface area contributed by atoms with Crippen molar-refractivity contribution in [3.05, 3.63) is 59.7 Å². The predicted octanol–water partition coefficient (Wildman–Crippen LogP) is 4.55. The maximum absolute atomic E-state index is 13.4. The van der Waals surface area contributed by atoms with Crippen molar-refractivity contribution in [3.63, 3.8) is 0 Å². The lowest BCUT2D eigenvalue weighted by molar-refractivity contribution is -0.125. The zero-order valence-corrected chi connectivity index (χ0v) is 18.6. The van der Waals surface area contributed by atoms with E-state index >= 15 is 0 Å². The molecular formula is C26H34N2O3. The topological polar surface area (TPSA) is 50.8 Å². The first-order chi connectivity index (χ1) is 15.2. The summed E-state index contributed by atoms with van der Waals surface area (Å²) >= 11 is 0. The molecule has 0 atom stereocenters. The summed E-state index contributed by atoms with van der Waals surface area (Å²) < 4.78 is 11.5. The Morgan fingerprint density at radius 3 is 2.39 bits per heavy atom. The maximum Gasteiger partial charge on any atom is 0.235 e. The number of carbonyl (C=O) groups is 1. The molecule has 0 radical (unpaired) electrons. The Hall–Kier alpha value is -2.37. The fraction of sp³-hybridized carbons (Fsp3) is 0.500. The average Bonchev–Trinajstić information content (AvgIpc) is 3.32. The molecule has 0 saturated carbocycles. The molecule has 2 aromatic rings. The number of carbonyl (C=O) groups excluding carboxylic acids is 1. The minimum absolute atomic E-state index is 0.0407. The van der Waals surface area contributed by atoms with Gasteiger partial charge in [-0.3, -0.25) is 4.79 Å². The molecule has 0 bridgehead atoms. The summed E-state index contributed by atoms with van der Waals surface area (Å²) in [5, 5.41) is 3.14. The Bertz CT molecular complexity index is 836. The normalized spacial score (nSPS) is 18.6. The number of aryl methyl sites for hydroxylation is 1. The Morgan fingerprint density at radius 1 is 1.03 bits per heavy atom. The second-order valence-corrected chi connectivity index (χ2v) is 8.79. The van der Waals surface area contributed by atoms with Gasteiger partial charge in [0.25, 0.3) is 0 Å². The third-order valence-corrected chi connectivity index (χ3v) is 6.58. The molecule has 2 aliphatic rings. The third kappa shape index (κ3) is 5.46. The number of hydrogen-bond acceptors (Lipinski definition) is 4. The molecule has 5 heteroatoms. The maximum atomic E-state index is 13.4. The van der Waals surface area contributed by atoms with E-state index in [1.165, 1.54) is 31.5 Å². The minimum atomic E-state index is -0.545. The van der Waals surface area contributed by atoms with Gasteiger partial charge in [-0.15, -0.1) is 0 Å². The van der Waals surface area contributed by atoms with Crippen LogP contribution in [0.25, 0.3) is 0 Å². The zero-order valence-electron chi connectivity index (χ0n) is 18.6. The Morgan fingerprint density at radius 2 is 1.71 bits per heavy atom.